The fourth-order valence-electron chi connectivity index (χ4n) is 6.35. The predicted molar refractivity (Wildman–Crippen MR) is 174 cm³/mol. The third-order valence-corrected chi connectivity index (χ3v) is 8.35. The average molecular weight is 537 g/mol. The van der Waals surface area contributed by atoms with E-state index in [0.717, 1.165) is 66.6 Å². The van der Waals surface area contributed by atoms with Crippen molar-refractivity contribution in [1.29, 1.82) is 0 Å². The standard InChI is InChI=1S/C39H24N2O/c1-3-11-25(12-4-1)29-20-34(26-13-5-2-6-14-26)40-39(22-29)41-35-18-10-9-17-30(35)31-24-38-33(23-36(31)41)32-19-27-15-7-8-16-28(27)21-37(32)42-38/h1-24H. The summed E-state index contributed by atoms with van der Waals surface area (Å²) in [4.78, 5) is 5.28. The first-order valence-electron chi connectivity index (χ1n) is 14.2. The first-order chi connectivity index (χ1) is 20.8. The van der Waals surface area contributed by atoms with Crippen molar-refractivity contribution < 1.29 is 4.42 Å². The molecule has 0 spiro atoms. The molecule has 3 heterocycles. The molecule has 0 saturated carbocycles. The smallest absolute Gasteiger partial charge is 0.138 e. The Labute approximate surface area is 241 Å². The SMILES string of the molecule is c1ccc(-c2cc(-c3ccccc3)nc(-n3c4ccccc4c4cc5oc6cc7ccccc7cc6c5cc43)c2)cc1. The number of aromatic nitrogens is 2. The highest BCUT2D eigenvalue weighted by molar-refractivity contribution is 6.18. The summed E-state index contributed by atoms with van der Waals surface area (Å²) in [5.41, 5.74) is 8.35. The van der Waals surface area contributed by atoms with Crippen LogP contribution in [0.25, 0.3) is 82.7 Å². The Kier molecular flexibility index (Phi) is 4.90. The van der Waals surface area contributed by atoms with E-state index in [1.807, 2.05) is 6.07 Å². The first-order valence-corrected chi connectivity index (χ1v) is 14.2. The van der Waals surface area contributed by atoms with E-state index >= 15 is 0 Å². The molecule has 3 aromatic heterocycles. The number of hydrogen-bond donors (Lipinski definition) is 0. The number of fused-ring (bicyclic) bond motifs is 7. The van der Waals surface area contributed by atoms with Gasteiger partial charge in [-0.15, -0.1) is 0 Å². The fraction of sp³-hybridized carbons (Fsp3) is 0. The maximum absolute atomic E-state index is 6.46. The van der Waals surface area contributed by atoms with Gasteiger partial charge in [-0.05, 0) is 64.4 Å². The van der Waals surface area contributed by atoms with E-state index in [1.54, 1.807) is 0 Å². The highest BCUT2D eigenvalue weighted by Crippen LogP contribution is 2.40. The third-order valence-electron chi connectivity index (χ3n) is 8.35. The van der Waals surface area contributed by atoms with Crippen molar-refractivity contribution in [2.75, 3.05) is 0 Å². The van der Waals surface area contributed by atoms with E-state index in [9.17, 15) is 0 Å². The molecular weight excluding hydrogens is 512 g/mol. The lowest BCUT2D eigenvalue weighted by Crippen LogP contribution is -2.00. The summed E-state index contributed by atoms with van der Waals surface area (Å²) in [7, 11) is 0. The molecule has 0 aliphatic heterocycles. The molecule has 0 fully saturated rings. The van der Waals surface area contributed by atoms with Gasteiger partial charge in [0.25, 0.3) is 0 Å². The van der Waals surface area contributed by atoms with Crippen molar-refractivity contribution in [2.24, 2.45) is 0 Å². The van der Waals surface area contributed by atoms with Crippen LogP contribution in [0.4, 0.5) is 0 Å². The van der Waals surface area contributed by atoms with E-state index in [2.05, 4.69) is 144 Å². The number of benzene rings is 6. The summed E-state index contributed by atoms with van der Waals surface area (Å²) in [6.45, 7) is 0. The van der Waals surface area contributed by atoms with E-state index < -0.39 is 0 Å². The lowest BCUT2D eigenvalue weighted by molar-refractivity contribution is 0.670. The number of para-hydroxylation sites is 1. The van der Waals surface area contributed by atoms with E-state index in [4.69, 9.17) is 9.40 Å². The summed E-state index contributed by atoms with van der Waals surface area (Å²) >= 11 is 0. The topological polar surface area (TPSA) is 31.0 Å². The third kappa shape index (κ3) is 3.50. The molecule has 0 N–H and O–H groups in total. The van der Waals surface area contributed by atoms with Gasteiger partial charge >= 0.3 is 0 Å². The molecule has 0 amide bonds. The summed E-state index contributed by atoms with van der Waals surface area (Å²) in [6.07, 6.45) is 0. The van der Waals surface area contributed by atoms with Gasteiger partial charge < -0.3 is 4.42 Å². The van der Waals surface area contributed by atoms with Crippen molar-refractivity contribution in [3.05, 3.63) is 146 Å². The number of nitrogens with zero attached hydrogens (tertiary/aromatic N) is 2. The van der Waals surface area contributed by atoms with Crippen LogP contribution >= 0.6 is 0 Å². The van der Waals surface area contributed by atoms with Crippen molar-refractivity contribution in [3.63, 3.8) is 0 Å². The molecular formula is C39H24N2O. The quantitative estimate of drug-likeness (QED) is 0.225. The minimum atomic E-state index is 0.888. The molecule has 0 radical (unpaired) electrons. The van der Waals surface area contributed by atoms with Crippen LogP contribution < -0.4 is 0 Å². The molecule has 6 aromatic carbocycles. The van der Waals surface area contributed by atoms with E-state index in [0.29, 0.717) is 0 Å². The van der Waals surface area contributed by atoms with Crippen LogP contribution in [0, 0.1) is 0 Å². The van der Waals surface area contributed by atoms with E-state index in [1.165, 1.54) is 16.2 Å². The monoisotopic (exact) mass is 536 g/mol. The first kappa shape index (κ1) is 23.1. The second-order valence-corrected chi connectivity index (χ2v) is 10.8. The van der Waals surface area contributed by atoms with Gasteiger partial charge in [-0.2, -0.15) is 0 Å². The van der Waals surface area contributed by atoms with Gasteiger partial charge in [0, 0.05) is 27.1 Å². The Balaban J connectivity index is 1.38. The van der Waals surface area contributed by atoms with Gasteiger partial charge in [0.2, 0.25) is 0 Å². The van der Waals surface area contributed by atoms with Crippen LogP contribution in [-0.2, 0) is 0 Å². The zero-order chi connectivity index (χ0) is 27.6. The largest absolute Gasteiger partial charge is 0.456 e. The number of furan rings is 1. The molecule has 0 atom stereocenters. The number of pyridine rings is 1. The molecule has 0 unspecified atom stereocenters. The number of hydrogen-bond acceptors (Lipinski definition) is 2. The summed E-state index contributed by atoms with van der Waals surface area (Å²) in [6, 6.07) is 51.3. The molecule has 9 rings (SSSR count). The maximum Gasteiger partial charge on any atom is 0.138 e. The van der Waals surface area contributed by atoms with Crippen LogP contribution in [0.3, 0.4) is 0 Å². The van der Waals surface area contributed by atoms with Gasteiger partial charge in [-0.3, -0.25) is 4.57 Å². The Hall–Kier alpha value is -5.67. The second kappa shape index (κ2) is 8.92. The minimum Gasteiger partial charge on any atom is -0.456 e. The van der Waals surface area contributed by atoms with Gasteiger partial charge in [0.1, 0.15) is 17.0 Å². The molecule has 196 valence electrons. The molecule has 0 saturated heterocycles. The minimum absolute atomic E-state index is 0.888. The molecule has 0 bridgehead atoms. The van der Waals surface area contributed by atoms with Crippen LogP contribution in [-0.4, -0.2) is 9.55 Å². The van der Waals surface area contributed by atoms with Crippen molar-refractivity contribution >= 4 is 54.5 Å². The Morgan fingerprint density at radius 2 is 1.07 bits per heavy atom. The molecule has 0 aliphatic rings. The van der Waals surface area contributed by atoms with Gasteiger partial charge in [0.15, 0.2) is 0 Å². The highest BCUT2D eigenvalue weighted by atomic mass is 16.3. The molecule has 42 heavy (non-hydrogen) atoms. The number of rotatable bonds is 3. The van der Waals surface area contributed by atoms with Crippen molar-refractivity contribution in [1.82, 2.24) is 9.55 Å². The predicted octanol–water partition coefficient (Wildman–Crippen LogP) is 10.6. The summed E-state index contributed by atoms with van der Waals surface area (Å²) in [5, 5.41) is 6.94. The van der Waals surface area contributed by atoms with Crippen molar-refractivity contribution in [2.45, 2.75) is 0 Å². The average Bonchev–Trinajstić information content (AvgIpc) is 3.57. The van der Waals surface area contributed by atoms with Crippen molar-refractivity contribution in [3.8, 4) is 28.2 Å². The lowest BCUT2D eigenvalue weighted by Gasteiger charge is -2.13. The Morgan fingerprint density at radius 3 is 1.88 bits per heavy atom. The van der Waals surface area contributed by atoms with Gasteiger partial charge in [-0.1, -0.05) is 103 Å². The molecule has 3 nitrogen and oxygen atoms in total. The van der Waals surface area contributed by atoms with Gasteiger partial charge in [0.05, 0.1) is 16.7 Å². The summed E-state index contributed by atoms with van der Waals surface area (Å²) < 4.78 is 8.77. The zero-order valence-electron chi connectivity index (χ0n) is 22.7. The zero-order valence-corrected chi connectivity index (χ0v) is 22.7. The van der Waals surface area contributed by atoms with Crippen LogP contribution in [0.2, 0.25) is 0 Å². The normalized spacial score (nSPS) is 11.8. The highest BCUT2D eigenvalue weighted by Gasteiger charge is 2.18. The van der Waals surface area contributed by atoms with Crippen LogP contribution in [0.15, 0.2) is 150 Å². The maximum atomic E-state index is 6.46. The summed E-state index contributed by atoms with van der Waals surface area (Å²) in [5.74, 6) is 0.888. The molecule has 0 aliphatic carbocycles. The Bertz CT molecular complexity index is 2390. The Morgan fingerprint density at radius 1 is 0.429 bits per heavy atom. The van der Waals surface area contributed by atoms with Gasteiger partial charge in [-0.25, -0.2) is 4.98 Å². The van der Waals surface area contributed by atoms with Crippen LogP contribution in [0.5, 0.6) is 0 Å². The second-order valence-electron chi connectivity index (χ2n) is 10.8. The fourth-order valence-corrected chi connectivity index (χ4v) is 6.35. The van der Waals surface area contributed by atoms with E-state index in [-0.39, 0.29) is 0 Å². The van der Waals surface area contributed by atoms with Crippen LogP contribution in [0.1, 0.15) is 0 Å². The molecule has 3 heteroatoms. The lowest BCUT2D eigenvalue weighted by atomic mass is 10.0. The molecule has 9 aromatic rings.